The second-order valence-corrected chi connectivity index (χ2v) is 8.03. The molecule has 0 saturated carbocycles. The van der Waals surface area contributed by atoms with E-state index in [9.17, 15) is 9.59 Å². The molecule has 3 aromatic carbocycles. The Morgan fingerprint density at radius 3 is 2.32 bits per heavy atom. The minimum Gasteiger partial charge on any atom is -0.333 e. The van der Waals surface area contributed by atoms with Crippen LogP contribution in [0.1, 0.15) is 23.1 Å². The Morgan fingerprint density at radius 1 is 0.968 bits per heavy atom. The molecular weight excluding hydrogens is 386 g/mol. The van der Waals surface area contributed by atoms with Gasteiger partial charge >= 0.3 is 6.03 Å². The van der Waals surface area contributed by atoms with Crippen LogP contribution in [-0.2, 0) is 11.3 Å². The number of hydrogen-bond donors (Lipinski definition) is 1. The van der Waals surface area contributed by atoms with E-state index in [1.807, 2.05) is 85.8 Å². The average Bonchev–Trinajstić information content (AvgIpc) is 3.15. The largest absolute Gasteiger partial charge is 0.333 e. The predicted molar refractivity (Wildman–Crippen MR) is 124 cm³/mol. The van der Waals surface area contributed by atoms with E-state index in [1.54, 1.807) is 9.80 Å². The zero-order valence-electron chi connectivity index (χ0n) is 17.9. The van der Waals surface area contributed by atoms with E-state index in [-0.39, 0.29) is 18.0 Å². The SMILES string of the molecule is Cc1ccc(N2C[C@H](NC(=O)N(Cc3ccccc3)c3ccccc3)CC2=O)cc1C. The first-order valence-electron chi connectivity index (χ1n) is 10.6. The van der Waals surface area contributed by atoms with Crippen molar-refractivity contribution in [3.05, 3.63) is 95.6 Å². The number of benzene rings is 3. The molecule has 1 heterocycles. The third-order valence-electron chi connectivity index (χ3n) is 5.75. The average molecular weight is 414 g/mol. The van der Waals surface area contributed by atoms with E-state index in [1.165, 1.54) is 5.56 Å². The van der Waals surface area contributed by atoms with Crippen molar-refractivity contribution in [2.45, 2.75) is 32.9 Å². The van der Waals surface area contributed by atoms with Crippen LogP contribution in [0.3, 0.4) is 0 Å². The van der Waals surface area contributed by atoms with E-state index in [4.69, 9.17) is 0 Å². The standard InChI is InChI=1S/C26H27N3O2/c1-19-13-14-24(15-20(19)2)28-18-22(16-25(28)30)27-26(31)29(23-11-7-4-8-12-23)17-21-9-5-3-6-10-21/h3-15,22H,16-18H2,1-2H3,(H,27,31)/t22-/m1/s1. The number of rotatable bonds is 5. The fourth-order valence-electron chi connectivity index (χ4n) is 3.85. The van der Waals surface area contributed by atoms with Crippen molar-refractivity contribution in [2.75, 3.05) is 16.3 Å². The fourth-order valence-corrected chi connectivity index (χ4v) is 3.85. The quantitative estimate of drug-likeness (QED) is 0.652. The van der Waals surface area contributed by atoms with Crippen molar-refractivity contribution in [1.82, 2.24) is 5.32 Å². The molecule has 1 fully saturated rings. The number of anilines is 2. The summed E-state index contributed by atoms with van der Waals surface area (Å²) in [6.45, 7) is 5.03. The molecule has 1 atom stereocenters. The van der Waals surface area contributed by atoms with Crippen molar-refractivity contribution >= 4 is 23.3 Å². The Labute approximate surface area is 183 Å². The Kier molecular flexibility index (Phi) is 6.03. The molecule has 0 aromatic heterocycles. The van der Waals surface area contributed by atoms with Gasteiger partial charge in [-0.05, 0) is 54.8 Å². The molecule has 5 heteroatoms. The number of nitrogens with zero attached hydrogens (tertiary/aromatic N) is 2. The molecule has 5 nitrogen and oxygen atoms in total. The maximum atomic E-state index is 13.2. The smallest absolute Gasteiger partial charge is 0.322 e. The van der Waals surface area contributed by atoms with Gasteiger partial charge < -0.3 is 10.2 Å². The molecule has 3 amide bonds. The molecule has 1 aliphatic heterocycles. The first kappa shape index (κ1) is 20.7. The van der Waals surface area contributed by atoms with Crippen molar-refractivity contribution < 1.29 is 9.59 Å². The third kappa shape index (κ3) is 4.77. The van der Waals surface area contributed by atoms with Crippen LogP contribution in [0.25, 0.3) is 0 Å². The molecule has 4 rings (SSSR count). The lowest BCUT2D eigenvalue weighted by atomic mass is 10.1. The summed E-state index contributed by atoms with van der Waals surface area (Å²) in [6, 6.07) is 25.1. The number of para-hydroxylation sites is 1. The van der Waals surface area contributed by atoms with Crippen LogP contribution in [0.5, 0.6) is 0 Å². The third-order valence-corrected chi connectivity index (χ3v) is 5.75. The normalized spacial score (nSPS) is 15.7. The zero-order chi connectivity index (χ0) is 21.8. The van der Waals surface area contributed by atoms with Crippen LogP contribution >= 0.6 is 0 Å². The van der Waals surface area contributed by atoms with Gasteiger partial charge in [-0.15, -0.1) is 0 Å². The monoisotopic (exact) mass is 413 g/mol. The molecule has 1 N–H and O–H groups in total. The Morgan fingerprint density at radius 2 is 1.65 bits per heavy atom. The van der Waals surface area contributed by atoms with Gasteiger partial charge in [-0.2, -0.15) is 0 Å². The summed E-state index contributed by atoms with van der Waals surface area (Å²) < 4.78 is 0. The van der Waals surface area contributed by atoms with Crippen LogP contribution in [-0.4, -0.2) is 24.5 Å². The molecule has 158 valence electrons. The Hall–Kier alpha value is -3.60. The highest BCUT2D eigenvalue weighted by Gasteiger charge is 2.33. The predicted octanol–water partition coefficient (Wildman–Crippen LogP) is 4.83. The number of carbonyl (C=O) groups excluding carboxylic acids is 2. The van der Waals surface area contributed by atoms with E-state index < -0.39 is 0 Å². The maximum Gasteiger partial charge on any atom is 0.322 e. The molecule has 0 bridgehead atoms. The van der Waals surface area contributed by atoms with Gasteiger partial charge in [-0.1, -0.05) is 54.6 Å². The minimum atomic E-state index is -0.233. The number of nitrogens with one attached hydrogen (secondary N) is 1. The van der Waals surface area contributed by atoms with Gasteiger partial charge in [-0.3, -0.25) is 9.69 Å². The summed E-state index contributed by atoms with van der Waals surface area (Å²) in [5.74, 6) is 0.0304. The minimum absolute atomic E-state index is 0.0304. The van der Waals surface area contributed by atoms with E-state index in [0.29, 0.717) is 19.5 Å². The highest BCUT2D eigenvalue weighted by Crippen LogP contribution is 2.25. The Balaban J connectivity index is 1.49. The first-order valence-corrected chi connectivity index (χ1v) is 10.6. The van der Waals surface area contributed by atoms with Crippen LogP contribution in [0.4, 0.5) is 16.2 Å². The molecule has 1 aliphatic rings. The number of hydrogen-bond acceptors (Lipinski definition) is 2. The summed E-state index contributed by atoms with van der Waals surface area (Å²) in [7, 11) is 0. The van der Waals surface area contributed by atoms with Gasteiger partial charge in [0, 0.05) is 24.3 Å². The first-order chi connectivity index (χ1) is 15.0. The second kappa shape index (κ2) is 9.04. The summed E-state index contributed by atoms with van der Waals surface area (Å²) in [5, 5.41) is 3.08. The molecule has 1 saturated heterocycles. The lowest BCUT2D eigenvalue weighted by molar-refractivity contribution is -0.117. The van der Waals surface area contributed by atoms with Crippen molar-refractivity contribution in [3.8, 4) is 0 Å². The summed E-state index contributed by atoms with van der Waals surface area (Å²) in [4.78, 5) is 29.4. The highest BCUT2D eigenvalue weighted by atomic mass is 16.2. The van der Waals surface area contributed by atoms with Gasteiger partial charge in [0.1, 0.15) is 0 Å². The molecule has 0 radical (unpaired) electrons. The summed E-state index contributed by atoms with van der Waals surface area (Å²) in [5.41, 5.74) is 5.09. The Bertz CT molecular complexity index is 1070. The van der Waals surface area contributed by atoms with Crippen LogP contribution < -0.4 is 15.1 Å². The maximum absolute atomic E-state index is 13.2. The zero-order valence-corrected chi connectivity index (χ0v) is 17.9. The number of amides is 3. The van der Waals surface area contributed by atoms with Gasteiger partial charge in [0.05, 0.1) is 12.6 Å². The molecule has 0 unspecified atom stereocenters. The highest BCUT2D eigenvalue weighted by molar-refractivity contribution is 5.98. The van der Waals surface area contributed by atoms with E-state index in [0.717, 1.165) is 22.5 Å². The van der Waals surface area contributed by atoms with Gasteiger partial charge in [0.2, 0.25) is 5.91 Å². The second-order valence-electron chi connectivity index (χ2n) is 8.03. The van der Waals surface area contributed by atoms with Crippen molar-refractivity contribution in [3.63, 3.8) is 0 Å². The lowest BCUT2D eigenvalue weighted by Gasteiger charge is -2.25. The molecule has 3 aromatic rings. The van der Waals surface area contributed by atoms with Crippen LogP contribution in [0.15, 0.2) is 78.9 Å². The van der Waals surface area contributed by atoms with E-state index >= 15 is 0 Å². The van der Waals surface area contributed by atoms with Gasteiger partial charge in [-0.25, -0.2) is 4.79 Å². The molecular formula is C26H27N3O2. The van der Waals surface area contributed by atoms with Crippen LogP contribution in [0, 0.1) is 13.8 Å². The topological polar surface area (TPSA) is 52.7 Å². The number of aryl methyl sites for hydroxylation is 2. The summed E-state index contributed by atoms with van der Waals surface area (Å²) in [6.07, 6.45) is 0.298. The van der Waals surface area contributed by atoms with Gasteiger partial charge in [0.15, 0.2) is 0 Å². The molecule has 0 spiro atoms. The van der Waals surface area contributed by atoms with Gasteiger partial charge in [0.25, 0.3) is 0 Å². The van der Waals surface area contributed by atoms with Crippen molar-refractivity contribution in [2.24, 2.45) is 0 Å². The fraction of sp³-hybridized carbons (Fsp3) is 0.231. The number of carbonyl (C=O) groups is 2. The summed E-state index contributed by atoms with van der Waals surface area (Å²) >= 11 is 0. The molecule has 0 aliphatic carbocycles. The molecule has 31 heavy (non-hydrogen) atoms. The lowest BCUT2D eigenvalue weighted by Crippen LogP contribution is -2.45. The van der Waals surface area contributed by atoms with Crippen molar-refractivity contribution in [1.29, 1.82) is 0 Å². The number of urea groups is 1. The van der Waals surface area contributed by atoms with E-state index in [2.05, 4.69) is 12.2 Å². The van der Waals surface area contributed by atoms with Crippen LogP contribution in [0.2, 0.25) is 0 Å².